The number of oxazole rings is 1. The minimum Gasteiger partial charge on any atom is -0.493 e. The molecule has 0 aliphatic rings. The van der Waals surface area contributed by atoms with Crippen LogP contribution in [0, 0.1) is 0 Å². The predicted molar refractivity (Wildman–Crippen MR) is 68.9 cm³/mol. The molecule has 5 nitrogen and oxygen atoms in total. The second-order valence-corrected chi connectivity index (χ2v) is 3.74. The minimum atomic E-state index is 0.317. The third-order valence-electron chi connectivity index (χ3n) is 2.32. The van der Waals surface area contributed by atoms with Crippen LogP contribution in [0.1, 0.15) is 5.69 Å². The molecule has 1 aromatic heterocycles. The van der Waals surface area contributed by atoms with Crippen LogP contribution in [-0.2, 0) is 5.88 Å². The van der Waals surface area contributed by atoms with Crippen molar-refractivity contribution in [2.75, 3.05) is 19.5 Å². The van der Waals surface area contributed by atoms with E-state index in [9.17, 15) is 0 Å². The molecule has 18 heavy (non-hydrogen) atoms. The van der Waals surface area contributed by atoms with Crippen molar-refractivity contribution in [3.05, 3.63) is 30.2 Å². The maximum absolute atomic E-state index is 5.64. The zero-order valence-corrected chi connectivity index (χ0v) is 10.8. The third kappa shape index (κ3) is 2.68. The van der Waals surface area contributed by atoms with Crippen LogP contribution in [0.4, 0.5) is 11.7 Å². The van der Waals surface area contributed by atoms with Crippen LogP contribution in [0.25, 0.3) is 0 Å². The highest BCUT2D eigenvalue weighted by Crippen LogP contribution is 2.30. The van der Waals surface area contributed by atoms with Crippen molar-refractivity contribution in [2.45, 2.75) is 5.88 Å². The van der Waals surface area contributed by atoms with Gasteiger partial charge in [-0.05, 0) is 12.1 Å². The number of aromatic nitrogens is 1. The lowest BCUT2D eigenvalue weighted by atomic mass is 10.3. The fraction of sp³-hybridized carbons (Fsp3) is 0.250. The number of nitrogens with zero attached hydrogens (tertiary/aromatic N) is 1. The number of ether oxygens (including phenoxy) is 2. The first-order chi connectivity index (χ1) is 8.76. The molecular weight excluding hydrogens is 256 g/mol. The molecule has 0 saturated carbocycles. The van der Waals surface area contributed by atoms with Crippen LogP contribution in [0.5, 0.6) is 11.5 Å². The fourth-order valence-corrected chi connectivity index (χ4v) is 1.59. The average Bonchev–Trinajstić information content (AvgIpc) is 2.86. The molecule has 1 aromatic carbocycles. The molecule has 6 heteroatoms. The van der Waals surface area contributed by atoms with Gasteiger partial charge >= 0.3 is 0 Å². The SMILES string of the molecule is COc1ccc(Nc2nc(CCl)co2)cc1OC. The highest BCUT2D eigenvalue weighted by molar-refractivity contribution is 6.16. The number of nitrogens with one attached hydrogen (secondary N) is 1. The van der Waals surface area contributed by atoms with E-state index in [1.165, 1.54) is 6.26 Å². The van der Waals surface area contributed by atoms with Gasteiger partial charge in [-0.25, -0.2) is 0 Å². The summed E-state index contributed by atoms with van der Waals surface area (Å²) in [5.41, 5.74) is 1.47. The molecule has 0 amide bonds. The van der Waals surface area contributed by atoms with Gasteiger partial charge in [0.05, 0.1) is 25.8 Å². The van der Waals surface area contributed by atoms with E-state index < -0.39 is 0 Å². The van der Waals surface area contributed by atoms with Crippen molar-refractivity contribution in [1.82, 2.24) is 4.98 Å². The van der Waals surface area contributed by atoms with Gasteiger partial charge in [-0.15, -0.1) is 11.6 Å². The number of rotatable bonds is 5. The molecule has 0 atom stereocenters. The van der Waals surface area contributed by atoms with Gasteiger partial charge in [0.2, 0.25) is 0 Å². The summed E-state index contributed by atoms with van der Waals surface area (Å²) in [5, 5.41) is 3.01. The fourth-order valence-electron chi connectivity index (χ4n) is 1.46. The Morgan fingerprint density at radius 1 is 1.28 bits per heavy atom. The van der Waals surface area contributed by atoms with E-state index in [1.807, 2.05) is 6.07 Å². The smallest absolute Gasteiger partial charge is 0.299 e. The normalized spacial score (nSPS) is 10.2. The maximum atomic E-state index is 5.64. The lowest BCUT2D eigenvalue weighted by Crippen LogP contribution is -1.94. The molecule has 0 radical (unpaired) electrons. The van der Waals surface area contributed by atoms with Crippen molar-refractivity contribution in [3.8, 4) is 11.5 Å². The van der Waals surface area contributed by atoms with Gasteiger partial charge < -0.3 is 19.2 Å². The molecule has 0 unspecified atom stereocenters. The Morgan fingerprint density at radius 2 is 2.06 bits per heavy atom. The Hall–Kier alpha value is -1.88. The van der Waals surface area contributed by atoms with Gasteiger partial charge in [0.15, 0.2) is 11.5 Å². The molecule has 0 bridgehead atoms. The molecule has 2 rings (SSSR count). The van der Waals surface area contributed by atoms with Crippen molar-refractivity contribution in [1.29, 1.82) is 0 Å². The number of alkyl halides is 1. The van der Waals surface area contributed by atoms with E-state index in [0.717, 1.165) is 5.69 Å². The van der Waals surface area contributed by atoms with Crippen molar-refractivity contribution < 1.29 is 13.9 Å². The molecule has 0 aliphatic carbocycles. The van der Waals surface area contributed by atoms with E-state index >= 15 is 0 Å². The second kappa shape index (κ2) is 5.64. The van der Waals surface area contributed by atoms with Gasteiger partial charge in [0, 0.05) is 11.8 Å². The second-order valence-electron chi connectivity index (χ2n) is 3.47. The zero-order chi connectivity index (χ0) is 13.0. The van der Waals surface area contributed by atoms with Gasteiger partial charge in [0.25, 0.3) is 6.01 Å². The topological polar surface area (TPSA) is 56.5 Å². The van der Waals surface area contributed by atoms with Gasteiger partial charge in [-0.3, -0.25) is 0 Å². The summed E-state index contributed by atoms with van der Waals surface area (Å²) in [4.78, 5) is 4.14. The molecule has 1 heterocycles. The van der Waals surface area contributed by atoms with Crippen LogP contribution >= 0.6 is 11.6 Å². The largest absolute Gasteiger partial charge is 0.493 e. The number of hydrogen-bond donors (Lipinski definition) is 1. The Bertz CT molecular complexity index is 528. The van der Waals surface area contributed by atoms with E-state index in [1.54, 1.807) is 26.4 Å². The maximum Gasteiger partial charge on any atom is 0.299 e. The molecule has 0 fully saturated rings. The minimum absolute atomic E-state index is 0.317. The van der Waals surface area contributed by atoms with Gasteiger partial charge in [0.1, 0.15) is 6.26 Å². The Labute approximate surface area is 110 Å². The summed E-state index contributed by atoms with van der Waals surface area (Å²) >= 11 is 5.64. The van der Waals surface area contributed by atoms with E-state index in [2.05, 4.69) is 10.3 Å². The predicted octanol–water partition coefficient (Wildman–Crippen LogP) is 3.17. The van der Waals surface area contributed by atoms with Crippen LogP contribution in [0.15, 0.2) is 28.9 Å². The van der Waals surface area contributed by atoms with Crippen molar-refractivity contribution >= 4 is 23.3 Å². The molecule has 0 spiro atoms. The monoisotopic (exact) mass is 268 g/mol. The van der Waals surface area contributed by atoms with Gasteiger partial charge in [-0.1, -0.05) is 0 Å². The Morgan fingerprint density at radius 3 is 2.67 bits per heavy atom. The van der Waals surface area contributed by atoms with Gasteiger partial charge in [-0.2, -0.15) is 4.98 Å². The average molecular weight is 269 g/mol. The highest BCUT2D eigenvalue weighted by Gasteiger charge is 2.07. The zero-order valence-electron chi connectivity index (χ0n) is 10.1. The molecule has 0 aliphatic heterocycles. The van der Waals surface area contributed by atoms with Crippen LogP contribution in [0.3, 0.4) is 0 Å². The summed E-state index contributed by atoms with van der Waals surface area (Å²) < 4.78 is 15.6. The third-order valence-corrected chi connectivity index (χ3v) is 2.60. The van der Waals surface area contributed by atoms with Crippen LogP contribution in [0.2, 0.25) is 0 Å². The number of hydrogen-bond acceptors (Lipinski definition) is 5. The van der Waals surface area contributed by atoms with Crippen molar-refractivity contribution in [3.63, 3.8) is 0 Å². The number of halogens is 1. The molecule has 1 N–H and O–H groups in total. The summed E-state index contributed by atoms with van der Waals surface area (Å²) in [6.45, 7) is 0. The summed E-state index contributed by atoms with van der Waals surface area (Å²) in [6, 6.07) is 5.82. The number of anilines is 2. The molecule has 96 valence electrons. The number of benzene rings is 1. The first-order valence-corrected chi connectivity index (χ1v) is 5.79. The van der Waals surface area contributed by atoms with E-state index in [-0.39, 0.29) is 0 Å². The van der Waals surface area contributed by atoms with Crippen LogP contribution in [-0.4, -0.2) is 19.2 Å². The van der Waals surface area contributed by atoms with E-state index in [4.69, 9.17) is 25.5 Å². The first kappa shape index (κ1) is 12.6. The lowest BCUT2D eigenvalue weighted by Gasteiger charge is -2.09. The Kier molecular flexibility index (Phi) is 3.94. The van der Waals surface area contributed by atoms with E-state index in [0.29, 0.717) is 29.1 Å². The standard InChI is InChI=1S/C12H13ClN2O3/c1-16-10-4-3-8(5-11(10)17-2)14-12-15-9(6-13)7-18-12/h3-5,7H,6H2,1-2H3,(H,14,15). The summed E-state index contributed by atoms with van der Waals surface area (Å²) in [5.74, 6) is 1.61. The van der Waals surface area contributed by atoms with Crippen LogP contribution < -0.4 is 14.8 Å². The summed E-state index contributed by atoms with van der Waals surface area (Å²) in [6.07, 6.45) is 1.51. The van der Waals surface area contributed by atoms with Crippen molar-refractivity contribution in [2.24, 2.45) is 0 Å². The molecule has 2 aromatic rings. The first-order valence-electron chi connectivity index (χ1n) is 5.26. The quantitative estimate of drug-likeness (QED) is 0.844. The lowest BCUT2D eigenvalue weighted by molar-refractivity contribution is 0.355. The Balaban J connectivity index is 2.18. The number of methoxy groups -OCH3 is 2. The molecular formula is C12H13ClN2O3. The molecule has 0 saturated heterocycles. The summed E-state index contributed by atoms with van der Waals surface area (Å²) in [7, 11) is 3.17. The highest BCUT2D eigenvalue weighted by atomic mass is 35.5.